The van der Waals surface area contributed by atoms with Crippen molar-refractivity contribution in [1.82, 2.24) is 0 Å². The first-order chi connectivity index (χ1) is 6.90. The monoisotopic (exact) mass is 180 g/mol. The fourth-order valence-electron chi connectivity index (χ4n) is 2.07. The third-order valence-corrected chi connectivity index (χ3v) is 2.77. The minimum atomic E-state index is 0.719. The van der Waals surface area contributed by atoms with Gasteiger partial charge in [0.25, 0.3) is 0 Å². The molecule has 0 amide bonds. The summed E-state index contributed by atoms with van der Waals surface area (Å²) in [6, 6.07) is 8.28. The molecule has 0 unspecified atom stereocenters. The Kier molecular flexibility index (Phi) is 1.38. The van der Waals surface area contributed by atoms with Gasteiger partial charge in [-0.1, -0.05) is 30.3 Å². The lowest BCUT2D eigenvalue weighted by atomic mass is 9.74. The lowest BCUT2D eigenvalue weighted by Crippen LogP contribution is -2.09. The molecule has 1 nitrogen and oxygen atoms in total. The van der Waals surface area contributed by atoms with Gasteiger partial charge in [-0.2, -0.15) is 0 Å². The van der Waals surface area contributed by atoms with Gasteiger partial charge in [-0.15, -0.1) is 0 Å². The normalized spacial score (nSPS) is 17.0. The Bertz CT molecular complexity index is 526. The minimum absolute atomic E-state index is 0.719. The number of hydrogen-bond donors (Lipinski definition) is 0. The summed E-state index contributed by atoms with van der Waals surface area (Å²) in [7, 11) is 0. The van der Waals surface area contributed by atoms with Crippen LogP contribution >= 0.6 is 0 Å². The van der Waals surface area contributed by atoms with E-state index in [1.54, 1.807) is 0 Å². The summed E-state index contributed by atoms with van der Waals surface area (Å²) in [5.41, 5.74) is 5.80. The number of rotatable bonds is 0. The van der Waals surface area contributed by atoms with Crippen LogP contribution in [0.25, 0.3) is 11.1 Å². The molecule has 2 aliphatic carbocycles. The molecular formula is C13H8O. The van der Waals surface area contributed by atoms with E-state index in [-0.39, 0.29) is 0 Å². The van der Waals surface area contributed by atoms with Gasteiger partial charge >= 0.3 is 0 Å². The third-order valence-electron chi connectivity index (χ3n) is 2.77. The van der Waals surface area contributed by atoms with E-state index in [1.165, 1.54) is 22.3 Å². The van der Waals surface area contributed by atoms with Crippen LogP contribution in [0.2, 0.25) is 0 Å². The van der Waals surface area contributed by atoms with E-state index in [1.807, 2.05) is 24.2 Å². The standard InChI is InChI=1S/C13H8O/c14-8-9-5-6-12-10-3-1-2-4-11(10)13(12)7-9/h1-4,6-7H,5H2. The predicted molar refractivity (Wildman–Crippen MR) is 56.2 cm³/mol. The molecular weight excluding hydrogens is 172 g/mol. The molecule has 66 valence electrons. The Hall–Kier alpha value is -1.85. The molecule has 0 atom stereocenters. The van der Waals surface area contributed by atoms with Gasteiger partial charge in [-0.25, -0.2) is 4.79 Å². The predicted octanol–water partition coefficient (Wildman–Crippen LogP) is 2.63. The van der Waals surface area contributed by atoms with Crippen molar-refractivity contribution in [3.63, 3.8) is 0 Å². The van der Waals surface area contributed by atoms with Crippen LogP contribution in [0.1, 0.15) is 17.5 Å². The van der Waals surface area contributed by atoms with Gasteiger partial charge in [0.1, 0.15) is 5.94 Å². The van der Waals surface area contributed by atoms with Crippen molar-refractivity contribution < 1.29 is 4.79 Å². The van der Waals surface area contributed by atoms with E-state index in [0.717, 1.165) is 12.0 Å². The van der Waals surface area contributed by atoms with Crippen molar-refractivity contribution in [3.8, 4) is 0 Å². The number of benzene rings is 1. The van der Waals surface area contributed by atoms with Crippen LogP contribution in [-0.2, 0) is 4.79 Å². The van der Waals surface area contributed by atoms with Gasteiger partial charge in [0.2, 0.25) is 0 Å². The lowest BCUT2D eigenvalue weighted by molar-refractivity contribution is 0.567. The summed E-state index contributed by atoms with van der Waals surface area (Å²) < 4.78 is 0. The van der Waals surface area contributed by atoms with E-state index in [4.69, 9.17) is 0 Å². The molecule has 1 aromatic rings. The Morgan fingerprint density at radius 1 is 1.07 bits per heavy atom. The average Bonchev–Trinajstić information content (AvgIpc) is 2.25. The molecule has 0 bridgehead atoms. The summed E-state index contributed by atoms with van der Waals surface area (Å²) in [5.74, 6) is 1.97. The van der Waals surface area contributed by atoms with Crippen molar-refractivity contribution in [2.75, 3.05) is 0 Å². The second kappa shape index (κ2) is 2.57. The highest BCUT2D eigenvalue weighted by molar-refractivity contribution is 6.18. The third kappa shape index (κ3) is 0.822. The maximum atomic E-state index is 10.5. The fraction of sp³-hybridized carbons (Fsp3) is 0.0769. The Morgan fingerprint density at radius 2 is 1.79 bits per heavy atom. The van der Waals surface area contributed by atoms with Crippen LogP contribution in [0.4, 0.5) is 0 Å². The largest absolute Gasteiger partial charge is 0.233 e. The molecule has 0 aliphatic heterocycles. The van der Waals surface area contributed by atoms with Crippen LogP contribution in [0.3, 0.4) is 0 Å². The number of carbonyl (C=O) groups excluding carboxylic acids is 1. The van der Waals surface area contributed by atoms with Gasteiger partial charge in [0.05, 0.1) is 0 Å². The highest BCUT2D eigenvalue weighted by Crippen LogP contribution is 2.47. The van der Waals surface area contributed by atoms with Crippen molar-refractivity contribution in [2.45, 2.75) is 6.42 Å². The average molecular weight is 180 g/mol. The van der Waals surface area contributed by atoms with E-state index < -0.39 is 0 Å². The second-order valence-electron chi connectivity index (χ2n) is 3.55. The minimum Gasteiger partial charge on any atom is -0.233 e. The molecule has 0 N–H and O–H groups in total. The number of allylic oxidation sites excluding steroid dienone is 5. The molecule has 0 spiro atoms. The second-order valence-corrected chi connectivity index (χ2v) is 3.55. The van der Waals surface area contributed by atoms with Crippen molar-refractivity contribution in [3.05, 3.63) is 53.1 Å². The Balaban J connectivity index is 2.23. The first kappa shape index (κ1) is 7.54. The van der Waals surface area contributed by atoms with Gasteiger partial charge in [-0.05, 0) is 28.3 Å². The molecule has 0 fully saturated rings. The highest BCUT2D eigenvalue weighted by atomic mass is 16.1. The smallest absolute Gasteiger partial charge is 0.128 e. The summed E-state index contributed by atoms with van der Waals surface area (Å²) >= 11 is 0. The molecule has 0 heterocycles. The molecule has 0 radical (unpaired) electrons. The lowest BCUT2D eigenvalue weighted by Gasteiger charge is -2.29. The highest BCUT2D eigenvalue weighted by Gasteiger charge is 2.27. The van der Waals surface area contributed by atoms with E-state index in [2.05, 4.69) is 18.2 Å². The van der Waals surface area contributed by atoms with Gasteiger partial charge < -0.3 is 0 Å². The Morgan fingerprint density at radius 3 is 2.50 bits per heavy atom. The molecule has 2 aliphatic rings. The maximum absolute atomic E-state index is 10.5. The summed E-state index contributed by atoms with van der Waals surface area (Å²) in [5, 5.41) is 0. The summed E-state index contributed by atoms with van der Waals surface area (Å²) in [4.78, 5) is 10.5. The van der Waals surface area contributed by atoms with Gasteiger partial charge in [0.15, 0.2) is 0 Å². The van der Waals surface area contributed by atoms with Crippen molar-refractivity contribution in [2.24, 2.45) is 0 Å². The fourth-order valence-corrected chi connectivity index (χ4v) is 2.07. The van der Waals surface area contributed by atoms with E-state index in [0.29, 0.717) is 0 Å². The zero-order valence-electron chi connectivity index (χ0n) is 7.58. The van der Waals surface area contributed by atoms with Crippen LogP contribution in [0.5, 0.6) is 0 Å². The SMILES string of the molecule is O=C=C1C=C2C(=CC1)c1ccccc12. The van der Waals surface area contributed by atoms with Crippen LogP contribution < -0.4 is 0 Å². The zero-order chi connectivity index (χ0) is 9.54. The van der Waals surface area contributed by atoms with Crippen LogP contribution in [0.15, 0.2) is 42.0 Å². The quantitative estimate of drug-likeness (QED) is 0.561. The first-order valence-corrected chi connectivity index (χ1v) is 4.66. The molecule has 0 saturated heterocycles. The molecule has 14 heavy (non-hydrogen) atoms. The summed E-state index contributed by atoms with van der Waals surface area (Å²) in [6.07, 6.45) is 4.78. The molecule has 0 saturated carbocycles. The number of hydrogen-bond acceptors (Lipinski definition) is 1. The topological polar surface area (TPSA) is 17.1 Å². The van der Waals surface area contributed by atoms with Gasteiger partial charge in [-0.3, -0.25) is 0 Å². The summed E-state index contributed by atoms with van der Waals surface area (Å²) in [6.45, 7) is 0. The van der Waals surface area contributed by atoms with Crippen LogP contribution in [0, 0.1) is 0 Å². The first-order valence-electron chi connectivity index (χ1n) is 4.66. The van der Waals surface area contributed by atoms with E-state index in [9.17, 15) is 4.79 Å². The van der Waals surface area contributed by atoms with Crippen molar-refractivity contribution in [1.29, 1.82) is 0 Å². The van der Waals surface area contributed by atoms with Gasteiger partial charge in [0, 0.05) is 12.0 Å². The van der Waals surface area contributed by atoms with E-state index >= 15 is 0 Å². The zero-order valence-corrected chi connectivity index (χ0v) is 7.58. The Labute approximate surface area is 82.1 Å². The maximum Gasteiger partial charge on any atom is 0.128 e. The molecule has 0 aromatic heterocycles. The molecule has 1 heteroatoms. The molecule has 1 aromatic carbocycles. The van der Waals surface area contributed by atoms with Crippen LogP contribution in [-0.4, -0.2) is 5.94 Å². The van der Waals surface area contributed by atoms with Crippen molar-refractivity contribution >= 4 is 17.1 Å². The number of fused-ring (bicyclic) bond motifs is 4. The molecule has 3 rings (SSSR count).